The number of rotatable bonds is 3. The maximum Gasteiger partial charge on any atom is 0.0890 e. The predicted molar refractivity (Wildman–Crippen MR) is 83.4 cm³/mol. The summed E-state index contributed by atoms with van der Waals surface area (Å²) in [7, 11) is 2.10. The van der Waals surface area contributed by atoms with Gasteiger partial charge in [-0.15, -0.1) is 0 Å². The van der Waals surface area contributed by atoms with Crippen LogP contribution in [0.3, 0.4) is 0 Å². The smallest absolute Gasteiger partial charge is 0.0890 e. The summed E-state index contributed by atoms with van der Waals surface area (Å²) < 4.78 is 0. The molecule has 9 heteroatoms. The minimum atomic E-state index is 0. The quantitative estimate of drug-likeness (QED) is 0.697. The van der Waals surface area contributed by atoms with Crippen molar-refractivity contribution in [2.75, 3.05) is 20.3 Å². The Morgan fingerprint density at radius 3 is 1.35 bits per heavy atom. The van der Waals surface area contributed by atoms with Gasteiger partial charge in [0.15, 0.2) is 0 Å². The van der Waals surface area contributed by atoms with Crippen LogP contribution in [0.4, 0.5) is 0 Å². The Morgan fingerprint density at radius 2 is 1.13 bits per heavy atom. The van der Waals surface area contributed by atoms with Gasteiger partial charge < -0.3 is 9.80 Å². The van der Waals surface area contributed by atoms with Gasteiger partial charge in [0.25, 0.3) is 0 Å². The normalized spacial score (nSPS) is 7.91. The molecule has 0 aromatic heterocycles. The third-order valence-electron chi connectivity index (χ3n) is 1.74. The summed E-state index contributed by atoms with van der Waals surface area (Å²) in [6, 6.07) is 0. The molecule has 1 heterocycles. The van der Waals surface area contributed by atoms with E-state index >= 15 is 0 Å². The molecule has 126 valence electrons. The second kappa shape index (κ2) is 76.9. The van der Waals surface area contributed by atoms with E-state index in [9.17, 15) is 0 Å². The van der Waals surface area contributed by atoms with E-state index in [0.29, 0.717) is 0 Å². The molecule has 0 aliphatic carbocycles. The van der Waals surface area contributed by atoms with Crippen LogP contribution in [0.2, 0.25) is 0 Å². The summed E-state index contributed by atoms with van der Waals surface area (Å²) in [5, 5.41) is 39.0. The molecule has 23 heavy (non-hydrogen) atoms. The van der Waals surface area contributed by atoms with Crippen molar-refractivity contribution in [1.29, 1.82) is 31.6 Å². The van der Waals surface area contributed by atoms with Crippen LogP contribution in [0.1, 0.15) is 19.8 Å². The summed E-state index contributed by atoms with van der Waals surface area (Å²) in [6.07, 6.45) is 6.87. The van der Waals surface area contributed by atoms with E-state index in [1.54, 1.807) is 0 Å². The zero-order valence-electron chi connectivity index (χ0n) is 13.4. The van der Waals surface area contributed by atoms with Crippen LogP contribution in [0.15, 0.2) is 12.4 Å². The van der Waals surface area contributed by atoms with Crippen LogP contribution in [0, 0.1) is 71.0 Å². The first-order valence-corrected chi connectivity index (χ1v) is 5.50. The average molecular weight is 358 g/mol. The van der Waals surface area contributed by atoms with Gasteiger partial charge in [0.1, 0.15) is 0 Å². The van der Waals surface area contributed by atoms with Crippen molar-refractivity contribution < 1.29 is 17.1 Å². The van der Waals surface area contributed by atoms with E-state index < -0.39 is 0 Å². The minimum absolute atomic E-state index is 0. The summed E-state index contributed by atoms with van der Waals surface area (Å²) in [4.78, 5) is 4.53. The van der Waals surface area contributed by atoms with Crippen molar-refractivity contribution in [2.45, 2.75) is 19.8 Å². The maximum absolute atomic E-state index is 6.50. The fourth-order valence-corrected chi connectivity index (χ4v) is 1.10. The van der Waals surface area contributed by atoms with Crippen LogP contribution in [-0.4, -0.2) is 30.1 Å². The number of nitrogens with zero attached hydrogens (tertiary/aromatic N) is 8. The van der Waals surface area contributed by atoms with Gasteiger partial charge in [-0.2, -0.15) is 0 Å². The van der Waals surface area contributed by atoms with Crippen LogP contribution in [0.5, 0.6) is 0 Å². The molecule has 0 bridgehead atoms. The molecule has 0 aromatic rings. The van der Waals surface area contributed by atoms with Gasteiger partial charge >= 0.3 is 0 Å². The fourth-order valence-electron chi connectivity index (χ4n) is 1.10. The van der Waals surface area contributed by atoms with Gasteiger partial charge in [-0.05, 0) is 6.42 Å². The average Bonchev–Trinajstić information content (AvgIpc) is 3.09. The van der Waals surface area contributed by atoms with Crippen molar-refractivity contribution in [2.24, 2.45) is 0 Å². The number of hydrogen-bond acceptors (Lipinski definition) is 8. The molecule has 1 aliphatic rings. The number of nitriles is 6. The standard InChI is InChI=1S/C8H16N2.6CHN.Fe/c1-3-4-5-10-7-6-9(2)8-10;6*1-2;/h6-7H,3-5,8H2,1-2H3;6*1H;. The molecule has 8 nitrogen and oxygen atoms in total. The van der Waals surface area contributed by atoms with Gasteiger partial charge in [-0.25, -0.2) is 31.6 Å². The molecule has 1 rings (SSSR count). The first-order chi connectivity index (χ1) is 10.8. The monoisotopic (exact) mass is 358 g/mol. The van der Waals surface area contributed by atoms with Crippen molar-refractivity contribution in [3.63, 3.8) is 0 Å². The van der Waals surface area contributed by atoms with E-state index in [-0.39, 0.29) is 17.1 Å². The Hall–Kier alpha value is -3.20. The zero-order chi connectivity index (χ0) is 19.4. The Kier molecular flexibility index (Phi) is 143. The molecule has 0 amide bonds. The third-order valence-corrected chi connectivity index (χ3v) is 1.74. The van der Waals surface area contributed by atoms with Crippen LogP contribution >= 0.6 is 0 Å². The predicted octanol–water partition coefficient (Wildman–Crippen LogP) is 2.30. The molecule has 0 N–H and O–H groups in total. The Bertz CT molecular complexity index is 281. The van der Waals surface area contributed by atoms with Gasteiger partial charge in [0.05, 0.1) is 6.67 Å². The molecule has 0 unspecified atom stereocenters. The Balaban J connectivity index is -0.0000000338. The van der Waals surface area contributed by atoms with Gasteiger partial charge in [0, 0.05) is 82.5 Å². The first-order valence-electron chi connectivity index (χ1n) is 5.50. The van der Waals surface area contributed by atoms with Crippen LogP contribution in [-0.2, 0) is 17.1 Å². The van der Waals surface area contributed by atoms with Gasteiger partial charge in [0.2, 0.25) is 0 Å². The van der Waals surface area contributed by atoms with Crippen molar-refractivity contribution >= 4 is 0 Å². The Labute approximate surface area is 150 Å². The summed E-state index contributed by atoms with van der Waals surface area (Å²) >= 11 is 0. The van der Waals surface area contributed by atoms with Crippen LogP contribution in [0.25, 0.3) is 0 Å². The van der Waals surface area contributed by atoms with Crippen LogP contribution < -0.4 is 0 Å². The largest absolute Gasteiger partial charge is 0.362 e. The molecule has 0 fully saturated rings. The molecule has 0 aromatic carbocycles. The summed E-state index contributed by atoms with van der Waals surface area (Å²) in [5.41, 5.74) is 0. The van der Waals surface area contributed by atoms with E-state index in [0.717, 1.165) is 6.67 Å². The van der Waals surface area contributed by atoms with Gasteiger partial charge in [-0.3, -0.25) is 0 Å². The van der Waals surface area contributed by atoms with Crippen molar-refractivity contribution in [3.05, 3.63) is 12.4 Å². The zero-order valence-corrected chi connectivity index (χ0v) is 14.5. The number of unbranched alkanes of at least 4 members (excludes halogenated alkanes) is 1. The summed E-state index contributed by atoms with van der Waals surface area (Å²) in [5.74, 6) is 0. The molecule has 0 atom stereocenters. The van der Waals surface area contributed by atoms with E-state index in [4.69, 9.17) is 31.6 Å². The van der Waals surface area contributed by atoms with E-state index in [1.807, 2.05) is 0 Å². The second-order valence-corrected chi connectivity index (χ2v) is 2.86. The summed E-state index contributed by atoms with van der Waals surface area (Å²) in [6.45, 7) is 25.5. The Morgan fingerprint density at radius 1 is 0.783 bits per heavy atom. The number of hydrogen-bond donors (Lipinski definition) is 0. The van der Waals surface area contributed by atoms with Crippen molar-refractivity contribution in [1.82, 2.24) is 9.80 Å². The molecular weight excluding hydrogens is 336 g/mol. The van der Waals surface area contributed by atoms with Gasteiger partial charge in [-0.1, -0.05) is 13.3 Å². The third kappa shape index (κ3) is 55.2. The molecule has 0 saturated carbocycles. The van der Waals surface area contributed by atoms with E-state index in [2.05, 4.69) is 75.6 Å². The van der Waals surface area contributed by atoms with Crippen molar-refractivity contribution in [3.8, 4) is 39.4 Å². The molecule has 0 saturated heterocycles. The fraction of sp³-hybridized carbons (Fsp3) is 0.429. The topological polar surface area (TPSA) is 149 Å². The van der Waals surface area contributed by atoms with E-state index in [1.165, 1.54) is 19.4 Å². The SMILES string of the molecule is C#N.C#N.C#N.C#N.C#N.C#N.CCCCN1C=CN(C)C1.[Fe]. The molecule has 0 radical (unpaired) electrons. The molecule has 0 spiro atoms. The maximum atomic E-state index is 6.50. The molecular formula is C14H22FeN8. The second-order valence-electron chi connectivity index (χ2n) is 2.86. The molecule has 1 aliphatic heterocycles. The minimum Gasteiger partial charge on any atom is -0.362 e. The first kappa shape index (κ1) is 42.7.